The SMILES string of the molecule is CC(C)CC(NC(=O)C(Cc1ccccc1)NC(=O)c1cccc2c1OCc1ccccc1-2)C(=O)N(C)N(C)C#N. The monoisotopic (exact) mass is 553 g/mol. The molecule has 0 aromatic heterocycles. The van der Waals surface area contributed by atoms with E-state index in [1.54, 1.807) is 12.1 Å². The maximum absolute atomic E-state index is 13.7. The highest BCUT2D eigenvalue weighted by Gasteiger charge is 2.31. The van der Waals surface area contributed by atoms with E-state index in [0.717, 1.165) is 27.3 Å². The second-order valence-corrected chi connectivity index (χ2v) is 10.5. The largest absolute Gasteiger partial charge is 0.487 e. The van der Waals surface area contributed by atoms with Crippen LogP contribution in [0.4, 0.5) is 0 Å². The molecule has 3 amide bonds. The van der Waals surface area contributed by atoms with Crippen molar-refractivity contribution >= 4 is 17.7 Å². The summed E-state index contributed by atoms with van der Waals surface area (Å²) >= 11 is 0. The average molecular weight is 554 g/mol. The van der Waals surface area contributed by atoms with E-state index >= 15 is 0 Å². The van der Waals surface area contributed by atoms with Crippen molar-refractivity contribution in [3.05, 3.63) is 89.5 Å². The van der Waals surface area contributed by atoms with Gasteiger partial charge in [0.2, 0.25) is 5.91 Å². The lowest BCUT2D eigenvalue weighted by Gasteiger charge is -2.30. The van der Waals surface area contributed by atoms with Crippen molar-refractivity contribution in [3.8, 4) is 23.1 Å². The zero-order chi connectivity index (χ0) is 29.5. The van der Waals surface area contributed by atoms with Gasteiger partial charge in [0, 0.05) is 26.1 Å². The normalized spacial score (nSPS) is 13.0. The van der Waals surface area contributed by atoms with Gasteiger partial charge in [0.15, 0.2) is 6.19 Å². The van der Waals surface area contributed by atoms with Crippen LogP contribution in [0.2, 0.25) is 0 Å². The average Bonchev–Trinajstić information content (AvgIpc) is 2.99. The Bertz CT molecular complexity index is 1450. The molecule has 1 heterocycles. The lowest BCUT2D eigenvalue weighted by Crippen LogP contribution is -2.56. The predicted octanol–water partition coefficient (Wildman–Crippen LogP) is 3.90. The number of fused-ring (bicyclic) bond motifs is 3. The molecular formula is C32H35N5O4. The lowest BCUT2D eigenvalue weighted by molar-refractivity contribution is -0.144. The van der Waals surface area contributed by atoms with Crippen LogP contribution in [0.15, 0.2) is 72.8 Å². The summed E-state index contributed by atoms with van der Waals surface area (Å²) in [6, 6.07) is 20.8. The molecule has 1 aliphatic rings. The van der Waals surface area contributed by atoms with Crippen LogP contribution in [0.5, 0.6) is 5.75 Å². The van der Waals surface area contributed by atoms with E-state index in [-0.39, 0.29) is 12.3 Å². The first-order valence-corrected chi connectivity index (χ1v) is 13.6. The zero-order valence-corrected chi connectivity index (χ0v) is 23.8. The summed E-state index contributed by atoms with van der Waals surface area (Å²) < 4.78 is 6.02. The molecule has 2 N–H and O–H groups in total. The van der Waals surface area contributed by atoms with Crippen molar-refractivity contribution in [3.63, 3.8) is 0 Å². The lowest BCUT2D eigenvalue weighted by atomic mass is 9.94. The third kappa shape index (κ3) is 6.84. The van der Waals surface area contributed by atoms with E-state index < -0.39 is 29.8 Å². The van der Waals surface area contributed by atoms with E-state index in [2.05, 4.69) is 10.6 Å². The summed E-state index contributed by atoms with van der Waals surface area (Å²) in [6.45, 7) is 4.23. The number of nitrogens with zero attached hydrogens (tertiary/aromatic N) is 3. The van der Waals surface area contributed by atoms with Gasteiger partial charge in [-0.1, -0.05) is 80.6 Å². The number of hydrogen-bond acceptors (Lipinski definition) is 6. The van der Waals surface area contributed by atoms with Crippen molar-refractivity contribution in [2.75, 3.05) is 14.1 Å². The first-order chi connectivity index (χ1) is 19.7. The fourth-order valence-electron chi connectivity index (χ4n) is 4.84. The summed E-state index contributed by atoms with van der Waals surface area (Å²) in [6.07, 6.45) is 2.47. The number of carbonyl (C=O) groups is 3. The molecule has 0 fully saturated rings. The van der Waals surface area contributed by atoms with Gasteiger partial charge in [-0.25, -0.2) is 10.0 Å². The van der Waals surface area contributed by atoms with Crippen molar-refractivity contribution in [1.29, 1.82) is 5.26 Å². The number of nitrogens with one attached hydrogen (secondary N) is 2. The Labute approximate surface area is 240 Å². The number of amides is 3. The van der Waals surface area contributed by atoms with Gasteiger partial charge in [-0.3, -0.25) is 14.4 Å². The van der Waals surface area contributed by atoms with Gasteiger partial charge in [-0.15, -0.1) is 0 Å². The Morgan fingerprint density at radius 2 is 1.59 bits per heavy atom. The molecule has 2 atom stereocenters. The second kappa shape index (κ2) is 13.0. The highest BCUT2D eigenvalue weighted by Crippen LogP contribution is 2.39. The maximum atomic E-state index is 13.7. The minimum atomic E-state index is -0.974. The maximum Gasteiger partial charge on any atom is 0.263 e. The Morgan fingerprint density at radius 3 is 2.29 bits per heavy atom. The third-order valence-electron chi connectivity index (χ3n) is 7.08. The van der Waals surface area contributed by atoms with E-state index in [1.807, 2.05) is 80.7 Å². The van der Waals surface area contributed by atoms with Crippen molar-refractivity contribution in [2.24, 2.45) is 5.92 Å². The van der Waals surface area contributed by atoms with Crippen LogP contribution in [0, 0.1) is 17.4 Å². The number of carbonyl (C=O) groups excluding carboxylic acids is 3. The molecule has 1 aliphatic heterocycles. The molecule has 212 valence electrons. The predicted molar refractivity (Wildman–Crippen MR) is 155 cm³/mol. The van der Waals surface area contributed by atoms with Crippen LogP contribution < -0.4 is 15.4 Å². The Kier molecular flexibility index (Phi) is 9.25. The molecule has 0 radical (unpaired) electrons. The molecular weight excluding hydrogens is 518 g/mol. The molecule has 0 saturated carbocycles. The molecule has 4 rings (SSSR count). The number of rotatable bonds is 10. The number of ether oxygens (including phenoxy) is 1. The molecule has 3 aromatic carbocycles. The van der Waals surface area contributed by atoms with Gasteiger partial charge in [0.1, 0.15) is 24.4 Å². The Balaban J connectivity index is 1.61. The van der Waals surface area contributed by atoms with Crippen LogP contribution in [0.1, 0.15) is 41.8 Å². The molecule has 2 unspecified atom stereocenters. The molecule has 9 heteroatoms. The minimum Gasteiger partial charge on any atom is -0.487 e. The van der Waals surface area contributed by atoms with E-state index in [9.17, 15) is 19.6 Å². The van der Waals surface area contributed by atoms with Crippen LogP contribution in [0.25, 0.3) is 11.1 Å². The number of nitriles is 1. The molecule has 0 spiro atoms. The molecule has 0 saturated heterocycles. The highest BCUT2D eigenvalue weighted by atomic mass is 16.5. The van der Waals surface area contributed by atoms with Crippen LogP contribution >= 0.6 is 0 Å². The summed E-state index contributed by atoms with van der Waals surface area (Å²) in [5, 5.41) is 17.3. The smallest absolute Gasteiger partial charge is 0.263 e. The van der Waals surface area contributed by atoms with E-state index in [4.69, 9.17) is 4.74 Å². The van der Waals surface area contributed by atoms with Gasteiger partial charge >= 0.3 is 0 Å². The summed E-state index contributed by atoms with van der Waals surface area (Å²) in [4.78, 5) is 40.6. The summed E-state index contributed by atoms with van der Waals surface area (Å²) in [7, 11) is 2.94. The Morgan fingerprint density at radius 1 is 0.902 bits per heavy atom. The standard InChI is InChI=1S/C32H35N5O4/c1-21(2)17-28(32(40)37(4)36(3)20-33)35-31(39)27(18-22-11-6-5-7-12-22)34-30(38)26-16-10-15-25-24-14-9-8-13-23(24)19-41-29(25)26/h5-16,21,27-28H,17-19H2,1-4H3,(H,34,38)(H,35,39). The molecule has 0 aliphatic carbocycles. The van der Waals surface area contributed by atoms with Gasteiger partial charge in [-0.2, -0.15) is 5.26 Å². The van der Waals surface area contributed by atoms with Crippen molar-refractivity contribution in [2.45, 2.75) is 45.4 Å². The fourth-order valence-corrected chi connectivity index (χ4v) is 4.84. The third-order valence-corrected chi connectivity index (χ3v) is 7.08. The number of likely N-dealkylation sites (N-methyl/N-ethyl adjacent to an activating group) is 1. The van der Waals surface area contributed by atoms with Crippen LogP contribution in [-0.2, 0) is 22.6 Å². The zero-order valence-electron chi connectivity index (χ0n) is 23.8. The summed E-state index contributed by atoms with van der Waals surface area (Å²) in [5.41, 5.74) is 4.03. The summed E-state index contributed by atoms with van der Waals surface area (Å²) in [5.74, 6) is -0.819. The first-order valence-electron chi connectivity index (χ1n) is 13.6. The number of benzene rings is 3. The van der Waals surface area contributed by atoms with Crippen molar-refractivity contribution < 1.29 is 19.1 Å². The van der Waals surface area contributed by atoms with Crippen LogP contribution in [-0.4, -0.2) is 53.9 Å². The van der Waals surface area contributed by atoms with Crippen molar-refractivity contribution in [1.82, 2.24) is 20.7 Å². The second-order valence-electron chi connectivity index (χ2n) is 10.5. The van der Waals surface area contributed by atoms with Gasteiger partial charge in [0.05, 0.1) is 5.56 Å². The minimum absolute atomic E-state index is 0.0862. The number of hydrogen-bond donors (Lipinski definition) is 2. The molecule has 9 nitrogen and oxygen atoms in total. The first kappa shape index (κ1) is 29.2. The topological polar surface area (TPSA) is 115 Å². The van der Waals surface area contributed by atoms with Crippen LogP contribution in [0.3, 0.4) is 0 Å². The number of hydrazine groups is 1. The number of para-hydroxylation sites is 1. The molecule has 0 bridgehead atoms. The molecule has 3 aromatic rings. The fraction of sp³-hybridized carbons (Fsp3) is 0.312. The molecule has 41 heavy (non-hydrogen) atoms. The van der Waals surface area contributed by atoms with E-state index in [1.165, 1.54) is 19.1 Å². The van der Waals surface area contributed by atoms with E-state index in [0.29, 0.717) is 24.3 Å². The quantitative estimate of drug-likeness (QED) is 0.224. The van der Waals surface area contributed by atoms with Gasteiger partial charge < -0.3 is 15.4 Å². The van der Waals surface area contributed by atoms with Gasteiger partial charge in [-0.05, 0) is 35.1 Å². The highest BCUT2D eigenvalue weighted by molar-refractivity contribution is 6.02. The van der Waals surface area contributed by atoms with Gasteiger partial charge in [0.25, 0.3) is 11.8 Å². The Hall–Kier alpha value is -4.84.